The first-order chi connectivity index (χ1) is 17.5. The largest absolute Gasteiger partial charge is 0.345 e. The maximum atomic E-state index is 13.5. The van der Waals surface area contributed by atoms with Crippen LogP contribution < -0.4 is 10.2 Å². The van der Waals surface area contributed by atoms with Gasteiger partial charge >= 0.3 is 0 Å². The van der Waals surface area contributed by atoms with Gasteiger partial charge < -0.3 is 10.2 Å². The molecule has 36 heavy (non-hydrogen) atoms. The third-order valence-corrected chi connectivity index (χ3v) is 7.23. The predicted octanol–water partition coefficient (Wildman–Crippen LogP) is 4.78. The van der Waals surface area contributed by atoms with E-state index in [-0.39, 0.29) is 23.8 Å². The molecule has 182 valence electrons. The monoisotopic (exact) mass is 565 g/mol. The average molecular weight is 566 g/mol. The Balaban J connectivity index is 1.34. The fraction of sp³-hybridized carbons (Fsp3) is 0.154. The number of hydrogen-bond donors (Lipinski definition) is 1. The zero-order chi connectivity index (χ0) is 25.1. The van der Waals surface area contributed by atoms with Gasteiger partial charge in [-0.1, -0.05) is 52.0 Å². The van der Waals surface area contributed by atoms with Gasteiger partial charge in [-0.25, -0.2) is 4.39 Å². The van der Waals surface area contributed by atoms with Gasteiger partial charge in [-0.15, -0.1) is 10.2 Å². The van der Waals surface area contributed by atoms with Gasteiger partial charge in [0, 0.05) is 28.0 Å². The molecule has 0 fully saturated rings. The molecule has 5 rings (SSSR count). The number of carbonyl (C=O) groups is 2. The van der Waals surface area contributed by atoms with E-state index < -0.39 is 11.7 Å². The number of hydrogen-bond acceptors (Lipinski definition) is 5. The van der Waals surface area contributed by atoms with Gasteiger partial charge in [-0.3, -0.25) is 14.2 Å². The molecule has 0 spiro atoms. The van der Waals surface area contributed by atoms with Crippen LogP contribution in [0.15, 0.2) is 82.4 Å². The summed E-state index contributed by atoms with van der Waals surface area (Å²) in [6.45, 7) is 0.738. The maximum Gasteiger partial charge on any atom is 0.251 e. The van der Waals surface area contributed by atoms with E-state index in [4.69, 9.17) is 0 Å². The van der Waals surface area contributed by atoms with E-state index in [0.717, 1.165) is 22.3 Å². The van der Waals surface area contributed by atoms with Crippen LogP contribution in [0.25, 0.3) is 5.69 Å². The third-order valence-electron chi connectivity index (χ3n) is 5.79. The number of rotatable bonds is 7. The molecule has 0 saturated carbocycles. The van der Waals surface area contributed by atoms with Crippen LogP contribution in [0.1, 0.15) is 21.7 Å². The minimum Gasteiger partial charge on any atom is -0.345 e. The molecule has 0 saturated heterocycles. The topological polar surface area (TPSA) is 80.1 Å². The van der Waals surface area contributed by atoms with E-state index in [0.29, 0.717) is 17.5 Å². The molecule has 10 heteroatoms. The first-order valence-corrected chi connectivity index (χ1v) is 13.0. The molecule has 1 aromatic heterocycles. The van der Waals surface area contributed by atoms with Crippen molar-refractivity contribution in [2.45, 2.75) is 18.1 Å². The number of halogens is 2. The Labute approximate surface area is 219 Å². The predicted molar refractivity (Wildman–Crippen MR) is 140 cm³/mol. The number of thioether (sulfide) groups is 1. The summed E-state index contributed by atoms with van der Waals surface area (Å²) in [5, 5.41) is 11.9. The van der Waals surface area contributed by atoms with Gasteiger partial charge in [-0.05, 0) is 60.5 Å². The van der Waals surface area contributed by atoms with Crippen LogP contribution in [0.5, 0.6) is 0 Å². The number of carbonyl (C=O) groups excluding carboxylic acids is 2. The highest BCUT2D eigenvalue weighted by atomic mass is 79.9. The molecule has 2 heterocycles. The minimum absolute atomic E-state index is 0.00346. The van der Waals surface area contributed by atoms with Crippen LogP contribution in [0.2, 0.25) is 0 Å². The molecule has 0 aliphatic carbocycles. The summed E-state index contributed by atoms with van der Waals surface area (Å²) in [5.74, 6) is -0.222. The molecule has 2 amide bonds. The van der Waals surface area contributed by atoms with Crippen molar-refractivity contribution in [2.24, 2.45) is 0 Å². The van der Waals surface area contributed by atoms with E-state index >= 15 is 0 Å². The lowest BCUT2D eigenvalue weighted by atomic mass is 10.2. The molecule has 0 radical (unpaired) electrons. The molecule has 1 aliphatic rings. The fourth-order valence-electron chi connectivity index (χ4n) is 4.05. The highest BCUT2D eigenvalue weighted by Crippen LogP contribution is 2.29. The number of nitrogens with zero attached hydrogens (tertiary/aromatic N) is 4. The summed E-state index contributed by atoms with van der Waals surface area (Å²) >= 11 is 4.74. The summed E-state index contributed by atoms with van der Waals surface area (Å²) in [5.41, 5.74) is 3.14. The van der Waals surface area contributed by atoms with Gasteiger partial charge in [0.25, 0.3) is 5.91 Å². The molecule has 0 bridgehead atoms. The lowest BCUT2D eigenvalue weighted by molar-refractivity contribution is -0.116. The molecule has 1 N–H and O–H groups in total. The first kappa shape index (κ1) is 24.2. The lowest BCUT2D eigenvalue weighted by Gasteiger charge is -2.17. The van der Waals surface area contributed by atoms with Crippen molar-refractivity contribution in [3.05, 3.63) is 100 Å². The molecule has 0 unspecified atom stereocenters. The second-order valence-electron chi connectivity index (χ2n) is 8.12. The summed E-state index contributed by atoms with van der Waals surface area (Å²) in [6.07, 6.45) is 0.844. The van der Waals surface area contributed by atoms with Crippen molar-refractivity contribution >= 4 is 45.2 Å². The second kappa shape index (κ2) is 10.6. The van der Waals surface area contributed by atoms with E-state index in [2.05, 4.69) is 31.4 Å². The number of aromatic nitrogens is 3. The van der Waals surface area contributed by atoms with Gasteiger partial charge in [-0.2, -0.15) is 0 Å². The molecule has 7 nitrogen and oxygen atoms in total. The number of nitrogens with one attached hydrogen (secondary N) is 1. The molecule has 3 aromatic carbocycles. The first-order valence-electron chi connectivity index (χ1n) is 11.2. The Morgan fingerprint density at radius 1 is 1.03 bits per heavy atom. The van der Waals surface area contributed by atoms with E-state index in [1.807, 2.05) is 58.0 Å². The summed E-state index contributed by atoms with van der Waals surface area (Å²) in [4.78, 5) is 27.4. The zero-order valence-corrected chi connectivity index (χ0v) is 21.4. The van der Waals surface area contributed by atoms with Crippen molar-refractivity contribution in [1.29, 1.82) is 0 Å². The molecule has 0 atom stereocenters. The Morgan fingerprint density at radius 2 is 1.83 bits per heavy atom. The third kappa shape index (κ3) is 5.19. The van der Waals surface area contributed by atoms with Crippen molar-refractivity contribution in [1.82, 2.24) is 20.1 Å². The molecule has 4 aromatic rings. The smallest absolute Gasteiger partial charge is 0.251 e. The SMILES string of the molecule is O=C(NCc1nnc(SCC(=O)N2CCc3ccccc32)n1-c1ccc(Br)cc1)c1cccc(F)c1. The summed E-state index contributed by atoms with van der Waals surface area (Å²) in [7, 11) is 0. The highest BCUT2D eigenvalue weighted by Gasteiger charge is 2.25. The van der Waals surface area contributed by atoms with Crippen molar-refractivity contribution in [3.8, 4) is 5.69 Å². The second-order valence-corrected chi connectivity index (χ2v) is 9.97. The van der Waals surface area contributed by atoms with Crippen LogP contribution in [-0.2, 0) is 17.8 Å². The molecular weight excluding hydrogens is 545 g/mol. The Hall–Kier alpha value is -3.50. The van der Waals surface area contributed by atoms with Gasteiger partial charge in [0.05, 0.1) is 12.3 Å². The normalized spacial score (nSPS) is 12.4. The van der Waals surface area contributed by atoms with E-state index in [9.17, 15) is 14.0 Å². The van der Waals surface area contributed by atoms with Gasteiger partial charge in [0.15, 0.2) is 11.0 Å². The van der Waals surface area contributed by atoms with Crippen LogP contribution >= 0.6 is 27.7 Å². The Kier molecular flexibility index (Phi) is 7.15. The van der Waals surface area contributed by atoms with E-state index in [1.165, 1.54) is 35.5 Å². The van der Waals surface area contributed by atoms with Crippen molar-refractivity contribution < 1.29 is 14.0 Å². The summed E-state index contributed by atoms with van der Waals surface area (Å²) < 4.78 is 16.2. The van der Waals surface area contributed by atoms with Crippen LogP contribution in [0, 0.1) is 5.82 Å². The van der Waals surface area contributed by atoms with E-state index in [1.54, 1.807) is 6.07 Å². The lowest BCUT2D eigenvalue weighted by Crippen LogP contribution is -2.30. The number of amides is 2. The van der Waals surface area contributed by atoms with Crippen molar-refractivity contribution in [2.75, 3.05) is 17.2 Å². The van der Waals surface area contributed by atoms with Crippen LogP contribution in [-0.4, -0.2) is 38.9 Å². The van der Waals surface area contributed by atoms with Crippen LogP contribution in [0.3, 0.4) is 0 Å². The zero-order valence-electron chi connectivity index (χ0n) is 19.0. The Bertz CT molecular complexity index is 1430. The quantitative estimate of drug-likeness (QED) is 0.326. The summed E-state index contributed by atoms with van der Waals surface area (Å²) in [6, 6.07) is 21.0. The highest BCUT2D eigenvalue weighted by molar-refractivity contribution is 9.10. The maximum absolute atomic E-state index is 13.5. The molecule has 1 aliphatic heterocycles. The fourth-order valence-corrected chi connectivity index (χ4v) is 5.16. The number of benzene rings is 3. The minimum atomic E-state index is -0.482. The number of para-hydroxylation sites is 1. The van der Waals surface area contributed by atoms with Crippen molar-refractivity contribution in [3.63, 3.8) is 0 Å². The molecular formula is C26H21BrFN5O2S. The number of fused-ring (bicyclic) bond motifs is 1. The van der Waals surface area contributed by atoms with Gasteiger partial charge in [0.2, 0.25) is 5.91 Å². The standard InChI is InChI=1S/C26H21BrFN5O2S/c27-19-8-10-21(11-9-19)33-23(15-29-25(35)18-5-3-6-20(28)14-18)30-31-26(33)36-16-24(34)32-13-12-17-4-1-2-7-22(17)32/h1-11,14H,12-13,15-16H2,(H,29,35). The Morgan fingerprint density at radius 3 is 2.64 bits per heavy atom. The van der Waals surface area contributed by atoms with Crippen LogP contribution in [0.4, 0.5) is 10.1 Å². The van der Waals surface area contributed by atoms with Gasteiger partial charge in [0.1, 0.15) is 5.82 Å². The average Bonchev–Trinajstić information content (AvgIpc) is 3.50. The number of anilines is 1.